The number of fused-ring (bicyclic) bond motifs is 1. The molecule has 25 heavy (non-hydrogen) atoms. The largest absolute Gasteiger partial charge is 0.461 e. The van der Waals surface area contributed by atoms with Crippen LogP contribution in [0.2, 0.25) is 0 Å². The molecule has 1 atom stereocenters. The molecule has 0 saturated carbocycles. The minimum atomic E-state index is -0.173. The minimum absolute atomic E-state index is 0.168. The Hall–Kier alpha value is -3.07. The SMILES string of the molecule is C[C@H](Sc1nnc(-c2ccco2)n1N)c1nc2ccccc2c(=O)[nH]1. The van der Waals surface area contributed by atoms with Gasteiger partial charge in [-0.3, -0.25) is 4.79 Å². The molecule has 0 aliphatic heterocycles. The van der Waals surface area contributed by atoms with Crippen LogP contribution in [0, 0.1) is 0 Å². The fraction of sp³-hybridized carbons (Fsp3) is 0.125. The lowest BCUT2D eigenvalue weighted by atomic mass is 10.2. The lowest BCUT2D eigenvalue weighted by Crippen LogP contribution is -2.14. The molecular weight excluding hydrogens is 340 g/mol. The Morgan fingerprint density at radius 2 is 2.08 bits per heavy atom. The van der Waals surface area contributed by atoms with E-state index in [2.05, 4.69) is 20.2 Å². The van der Waals surface area contributed by atoms with Crippen LogP contribution in [0.5, 0.6) is 0 Å². The second-order valence-electron chi connectivity index (χ2n) is 5.38. The number of thioether (sulfide) groups is 1. The maximum Gasteiger partial charge on any atom is 0.258 e. The van der Waals surface area contributed by atoms with Crippen molar-refractivity contribution in [3.8, 4) is 11.6 Å². The normalized spacial score (nSPS) is 12.5. The van der Waals surface area contributed by atoms with E-state index in [1.54, 1.807) is 24.5 Å². The summed E-state index contributed by atoms with van der Waals surface area (Å²) in [7, 11) is 0. The third-order valence-electron chi connectivity index (χ3n) is 3.70. The fourth-order valence-electron chi connectivity index (χ4n) is 2.44. The zero-order valence-electron chi connectivity index (χ0n) is 13.2. The highest BCUT2D eigenvalue weighted by atomic mass is 32.2. The minimum Gasteiger partial charge on any atom is -0.461 e. The first-order valence-corrected chi connectivity index (χ1v) is 8.41. The van der Waals surface area contributed by atoms with Gasteiger partial charge >= 0.3 is 0 Å². The molecule has 0 saturated heterocycles. The summed E-state index contributed by atoms with van der Waals surface area (Å²) in [6, 6.07) is 10.7. The molecule has 0 aliphatic rings. The van der Waals surface area contributed by atoms with Crippen molar-refractivity contribution in [2.24, 2.45) is 0 Å². The number of nitrogens with zero attached hydrogens (tertiary/aromatic N) is 4. The Morgan fingerprint density at radius 1 is 1.24 bits per heavy atom. The number of nitrogens with one attached hydrogen (secondary N) is 1. The fourth-order valence-corrected chi connectivity index (χ4v) is 3.27. The molecule has 3 aromatic heterocycles. The van der Waals surface area contributed by atoms with Gasteiger partial charge in [-0.25, -0.2) is 9.66 Å². The molecular formula is C16H14N6O2S. The van der Waals surface area contributed by atoms with Gasteiger partial charge in [-0.2, -0.15) is 0 Å². The highest BCUT2D eigenvalue weighted by Crippen LogP contribution is 2.32. The zero-order valence-corrected chi connectivity index (χ0v) is 14.0. The van der Waals surface area contributed by atoms with Crippen LogP contribution in [-0.4, -0.2) is 24.8 Å². The van der Waals surface area contributed by atoms with Crippen molar-refractivity contribution in [3.63, 3.8) is 0 Å². The van der Waals surface area contributed by atoms with Gasteiger partial charge in [0.05, 0.1) is 22.4 Å². The van der Waals surface area contributed by atoms with Crippen molar-refractivity contribution in [1.29, 1.82) is 0 Å². The molecule has 126 valence electrons. The van der Waals surface area contributed by atoms with Crippen molar-refractivity contribution >= 4 is 22.7 Å². The summed E-state index contributed by atoms with van der Waals surface area (Å²) in [5.41, 5.74) is 0.484. The number of furan rings is 1. The van der Waals surface area contributed by atoms with Crippen molar-refractivity contribution in [2.75, 3.05) is 5.84 Å². The summed E-state index contributed by atoms with van der Waals surface area (Å²) < 4.78 is 6.66. The standard InChI is InChI=1S/C16H14N6O2S/c1-9(13-18-11-6-3-2-5-10(11)15(23)19-13)25-16-21-20-14(22(16)17)12-7-4-8-24-12/h2-9H,17H2,1H3,(H,18,19,23)/t9-/m0/s1. The maximum atomic E-state index is 12.2. The molecule has 9 heteroatoms. The van der Waals surface area contributed by atoms with Gasteiger partial charge in [0.25, 0.3) is 5.56 Å². The molecule has 0 aliphatic carbocycles. The van der Waals surface area contributed by atoms with Crippen molar-refractivity contribution < 1.29 is 4.42 Å². The number of benzene rings is 1. The van der Waals surface area contributed by atoms with Crippen molar-refractivity contribution in [3.05, 3.63) is 58.8 Å². The Bertz CT molecular complexity index is 1090. The molecule has 0 unspecified atom stereocenters. The Kier molecular flexibility index (Phi) is 3.77. The first-order valence-electron chi connectivity index (χ1n) is 7.53. The Balaban J connectivity index is 1.65. The average molecular weight is 354 g/mol. The van der Waals surface area contributed by atoms with E-state index in [0.29, 0.717) is 33.5 Å². The molecule has 0 bridgehead atoms. The first-order chi connectivity index (χ1) is 12.1. The number of H-pyrrole nitrogens is 1. The van der Waals surface area contributed by atoms with E-state index < -0.39 is 0 Å². The average Bonchev–Trinajstić information content (AvgIpc) is 3.25. The van der Waals surface area contributed by atoms with Crippen molar-refractivity contribution in [2.45, 2.75) is 17.3 Å². The smallest absolute Gasteiger partial charge is 0.258 e. The summed E-state index contributed by atoms with van der Waals surface area (Å²) in [4.78, 5) is 19.6. The third-order valence-corrected chi connectivity index (χ3v) is 4.77. The van der Waals surface area contributed by atoms with Gasteiger partial charge in [-0.1, -0.05) is 23.9 Å². The number of hydrogen-bond donors (Lipinski definition) is 2. The van der Waals surface area contributed by atoms with E-state index in [9.17, 15) is 4.79 Å². The van der Waals surface area contributed by atoms with Crippen LogP contribution in [0.4, 0.5) is 0 Å². The summed E-state index contributed by atoms with van der Waals surface area (Å²) in [6.07, 6.45) is 1.54. The van der Waals surface area contributed by atoms with Crippen LogP contribution >= 0.6 is 11.8 Å². The van der Waals surface area contributed by atoms with Gasteiger partial charge in [0.15, 0.2) is 5.76 Å². The Labute approximate surface area is 146 Å². The van der Waals surface area contributed by atoms with E-state index >= 15 is 0 Å². The quantitative estimate of drug-likeness (QED) is 0.427. The topological polar surface area (TPSA) is 116 Å². The molecule has 0 fully saturated rings. The van der Waals surface area contributed by atoms with Gasteiger partial charge in [0.1, 0.15) is 5.82 Å². The molecule has 3 N–H and O–H groups in total. The summed E-state index contributed by atoms with van der Waals surface area (Å²) in [6.45, 7) is 1.92. The molecule has 0 radical (unpaired) electrons. The number of nitrogen functional groups attached to an aromatic ring is 1. The molecule has 0 spiro atoms. The van der Waals surface area contributed by atoms with E-state index in [1.165, 1.54) is 16.4 Å². The van der Waals surface area contributed by atoms with Gasteiger partial charge in [-0.15, -0.1) is 10.2 Å². The predicted octanol–water partition coefficient (Wildman–Crippen LogP) is 2.34. The van der Waals surface area contributed by atoms with Gasteiger partial charge in [0, 0.05) is 0 Å². The number of nitrogens with two attached hydrogens (primary N) is 1. The number of aromatic amines is 1. The number of rotatable bonds is 4. The predicted molar refractivity (Wildman–Crippen MR) is 94.5 cm³/mol. The Morgan fingerprint density at radius 3 is 2.88 bits per heavy atom. The van der Waals surface area contributed by atoms with Crippen LogP contribution in [0.15, 0.2) is 57.0 Å². The van der Waals surface area contributed by atoms with E-state index in [1.807, 2.05) is 25.1 Å². The lowest BCUT2D eigenvalue weighted by Gasteiger charge is -2.10. The summed E-state index contributed by atoms with van der Waals surface area (Å²) in [5.74, 6) is 7.58. The summed E-state index contributed by atoms with van der Waals surface area (Å²) in [5, 5.41) is 9.03. The molecule has 3 heterocycles. The number of aromatic nitrogens is 5. The monoisotopic (exact) mass is 354 g/mol. The van der Waals surface area contributed by atoms with Gasteiger partial charge in [-0.05, 0) is 31.2 Å². The van der Waals surface area contributed by atoms with Crippen LogP contribution in [0.1, 0.15) is 18.0 Å². The van der Waals surface area contributed by atoms with Crippen LogP contribution in [0.25, 0.3) is 22.5 Å². The highest BCUT2D eigenvalue weighted by Gasteiger charge is 2.19. The first kappa shape index (κ1) is 15.5. The van der Waals surface area contributed by atoms with E-state index in [0.717, 1.165) is 0 Å². The molecule has 4 aromatic rings. The lowest BCUT2D eigenvalue weighted by molar-refractivity contribution is 0.574. The molecule has 0 amide bonds. The number of hydrogen-bond acceptors (Lipinski definition) is 7. The zero-order chi connectivity index (χ0) is 17.4. The van der Waals surface area contributed by atoms with E-state index in [4.69, 9.17) is 10.3 Å². The summed E-state index contributed by atoms with van der Waals surface area (Å²) >= 11 is 1.35. The van der Waals surface area contributed by atoms with Crippen LogP contribution in [-0.2, 0) is 0 Å². The third kappa shape index (κ3) is 2.78. The molecule has 1 aromatic carbocycles. The van der Waals surface area contributed by atoms with Crippen molar-refractivity contribution in [1.82, 2.24) is 24.8 Å². The van der Waals surface area contributed by atoms with Crippen LogP contribution < -0.4 is 11.4 Å². The molecule has 4 rings (SSSR count). The molecule has 8 nitrogen and oxygen atoms in total. The second-order valence-corrected chi connectivity index (χ2v) is 6.69. The van der Waals surface area contributed by atoms with E-state index in [-0.39, 0.29) is 10.8 Å². The van der Waals surface area contributed by atoms with Crippen LogP contribution in [0.3, 0.4) is 0 Å². The number of para-hydroxylation sites is 1. The van der Waals surface area contributed by atoms with Gasteiger partial charge < -0.3 is 15.2 Å². The highest BCUT2D eigenvalue weighted by molar-refractivity contribution is 7.99. The van der Waals surface area contributed by atoms with Gasteiger partial charge in [0.2, 0.25) is 11.0 Å². The maximum absolute atomic E-state index is 12.2. The second kappa shape index (κ2) is 6.10.